The van der Waals surface area contributed by atoms with Crippen molar-refractivity contribution < 1.29 is 24.9 Å². The number of aromatic amines is 1. The summed E-state index contributed by atoms with van der Waals surface area (Å²) in [6.45, 7) is 2.56. The highest BCUT2D eigenvalue weighted by Gasteiger charge is 2.43. The van der Waals surface area contributed by atoms with Gasteiger partial charge < -0.3 is 25.4 Å². The molecule has 0 aliphatic carbocycles. The van der Waals surface area contributed by atoms with E-state index < -0.39 is 43.0 Å². The van der Waals surface area contributed by atoms with Crippen LogP contribution in [0.3, 0.4) is 0 Å². The standard InChI is InChI=1S/C16H26N3O6PS/c1-26(2,3)5-4-10-12(22)13(23)15(25-10)19-8-9(6-17-7-11(20)21)14(24)18-16(19)27/h8,10,12-13,15,17,22-23H,1,4-7H2,2-3H3,(H,20,21)(H,18,24,27)/t10-,12-,13-,15?/m1/s1. The molecular weight excluding hydrogens is 393 g/mol. The Balaban J connectivity index is 2.21. The van der Waals surface area contributed by atoms with Crippen LogP contribution in [0.1, 0.15) is 18.2 Å². The highest BCUT2D eigenvalue weighted by Crippen LogP contribution is 2.39. The topological polar surface area (TPSA) is 137 Å². The summed E-state index contributed by atoms with van der Waals surface area (Å²) in [5.41, 5.74) is -0.217. The van der Waals surface area contributed by atoms with Crippen LogP contribution in [0, 0.1) is 4.77 Å². The highest BCUT2D eigenvalue weighted by atomic mass is 32.1. The van der Waals surface area contributed by atoms with Crippen LogP contribution in [0.25, 0.3) is 0 Å². The second kappa shape index (κ2) is 8.81. The molecule has 1 aromatic rings. The lowest BCUT2D eigenvalue weighted by Crippen LogP contribution is -2.33. The third-order valence-corrected chi connectivity index (χ3v) is 6.05. The molecule has 2 heterocycles. The fourth-order valence-corrected chi connectivity index (χ4v) is 4.02. The number of ether oxygens (including phenoxy) is 1. The lowest BCUT2D eigenvalue weighted by Gasteiger charge is -2.20. The Kier molecular flexibility index (Phi) is 7.18. The van der Waals surface area contributed by atoms with E-state index in [1.165, 1.54) is 10.8 Å². The highest BCUT2D eigenvalue weighted by molar-refractivity contribution is 7.72. The second-order valence-corrected chi connectivity index (χ2v) is 12.0. The van der Waals surface area contributed by atoms with Crippen molar-refractivity contribution in [1.29, 1.82) is 0 Å². The Morgan fingerprint density at radius 2 is 2.11 bits per heavy atom. The molecule has 4 atom stereocenters. The van der Waals surface area contributed by atoms with Crippen molar-refractivity contribution in [1.82, 2.24) is 14.9 Å². The molecule has 0 aromatic carbocycles. The maximum atomic E-state index is 12.0. The van der Waals surface area contributed by atoms with Gasteiger partial charge in [0.05, 0.1) is 12.6 Å². The van der Waals surface area contributed by atoms with E-state index in [9.17, 15) is 19.8 Å². The van der Waals surface area contributed by atoms with E-state index in [1.54, 1.807) is 0 Å². The molecule has 0 amide bonds. The number of hydrogen-bond donors (Lipinski definition) is 5. The molecule has 11 heteroatoms. The number of aromatic nitrogens is 2. The number of carboxylic acids is 1. The Bertz CT molecular complexity index is 847. The number of nitrogens with zero attached hydrogens (tertiary/aromatic N) is 1. The van der Waals surface area contributed by atoms with E-state index in [1.807, 2.05) is 0 Å². The van der Waals surface area contributed by atoms with Crippen molar-refractivity contribution in [2.45, 2.75) is 37.5 Å². The van der Waals surface area contributed by atoms with Gasteiger partial charge in [-0.2, -0.15) is 0 Å². The van der Waals surface area contributed by atoms with Crippen LogP contribution >= 0.6 is 19.1 Å². The summed E-state index contributed by atoms with van der Waals surface area (Å²) in [4.78, 5) is 25.1. The van der Waals surface area contributed by atoms with Gasteiger partial charge in [0.25, 0.3) is 5.56 Å². The fourth-order valence-electron chi connectivity index (χ4n) is 2.82. The van der Waals surface area contributed by atoms with Crippen LogP contribution in [0.5, 0.6) is 0 Å². The van der Waals surface area contributed by atoms with Crippen molar-refractivity contribution in [2.75, 3.05) is 26.0 Å². The number of aliphatic carboxylic acids is 1. The molecule has 0 saturated carbocycles. The monoisotopic (exact) mass is 419 g/mol. The molecule has 1 aliphatic rings. The van der Waals surface area contributed by atoms with Gasteiger partial charge >= 0.3 is 5.97 Å². The van der Waals surface area contributed by atoms with E-state index in [0.717, 1.165) is 6.16 Å². The summed E-state index contributed by atoms with van der Waals surface area (Å²) in [6, 6.07) is 0. The fraction of sp³-hybridized carbons (Fsp3) is 0.625. The summed E-state index contributed by atoms with van der Waals surface area (Å²) in [7, 11) is 0. The molecule has 0 spiro atoms. The normalized spacial score (nSPS) is 25.6. The molecule has 152 valence electrons. The van der Waals surface area contributed by atoms with E-state index in [-0.39, 0.29) is 23.4 Å². The third kappa shape index (κ3) is 5.84. The maximum absolute atomic E-state index is 12.0. The van der Waals surface area contributed by atoms with Gasteiger partial charge in [0.2, 0.25) is 0 Å². The van der Waals surface area contributed by atoms with E-state index >= 15 is 0 Å². The van der Waals surface area contributed by atoms with Gasteiger partial charge in [-0.1, -0.05) is 0 Å². The average Bonchev–Trinajstić information content (AvgIpc) is 2.82. The molecule has 0 radical (unpaired) electrons. The second-order valence-electron chi connectivity index (χ2n) is 7.31. The maximum Gasteiger partial charge on any atom is 0.317 e. The summed E-state index contributed by atoms with van der Waals surface area (Å²) >= 11 is 5.16. The lowest BCUT2D eigenvalue weighted by molar-refractivity contribution is -0.136. The molecule has 27 heavy (non-hydrogen) atoms. The number of hydrogen-bond acceptors (Lipinski definition) is 7. The van der Waals surface area contributed by atoms with E-state index in [2.05, 4.69) is 29.9 Å². The molecule has 1 aliphatic heterocycles. The van der Waals surface area contributed by atoms with Crippen molar-refractivity contribution >= 4 is 31.4 Å². The summed E-state index contributed by atoms with van der Waals surface area (Å²) < 4.78 is 7.26. The molecule has 9 nitrogen and oxygen atoms in total. The summed E-state index contributed by atoms with van der Waals surface area (Å²) in [6.07, 6.45) is 3.11. The molecule has 1 aromatic heterocycles. The first kappa shape index (κ1) is 22.0. The van der Waals surface area contributed by atoms with Gasteiger partial charge in [0.1, 0.15) is 12.2 Å². The SMILES string of the molecule is C=P(C)(C)CC[C@H]1OC(n2cc(CNCC(=O)O)c(=O)[nH]c2=S)[C@H](O)[C@@H]1O. The molecule has 2 rings (SSSR count). The zero-order valence-corrected chi connectivity index (χ0v) is 17.0. The Morgan fingerprint density at radius 1 is 1.44 bits per heavy atom. The number of carbonyl (C=O) groups is 1. The molecule has 1 fully saturated rings. The van der Waals surface area contributed by atoms with Crippen LogP contribution in [0.4, 0.5) is 0 Å². The Morgan fingerprint density at radius 3 is 2.70 bits per heavy atom. The van der Waals surface area contributed by atoms with Crippen molar-refractivity contribution in [3.8, 4) is 0 Å². The number of H-pyrrole nitrogens is 1. The number of nitrogens with one attached hydrogen (secondary N) is 2. The minimum atomic E-state index is -1.30. The predicted molar refractivity (Wildman–Crippen MR) is 107 cm³/mol. The number of aliphatic hydroxyl groups excluding tert-OH is 2. The largest absolute Gasteiger partial charge is 0.480 e. The number of rotatable bonds is 8. The molecular formula is C16H26N3O6PS. The summed E-state index contributed by atoms with van der Waals surface area (Å²) in [5, 5.41) is 32.0. The smallest absolute Gasteiger partial charge is 0.317 e. The van der Waals surface area contributed by atoms with Gasteiger partial charge in [-0.3, -0.25) is 19.1 Å². The summed E-state index contributed by atoms with van der Waals surface area (Å²) in [5.74, 6) is -1.05. The molecule has 0 bridgehead atoms. The van der Waals surface area contributed by atoms with E-state index in [4.69, 9.17) is 22.1 Å². The zero-order chi connectivity index (χ0) is 20.4. The predicted octanol–water partition coefficient (Wildman–Crippen LogP) is -0.201. The van der Waals surface area contributed by atoms with Crippen molar-refractivity contribution in [3.05, 3.63) is 26.9 Å². The van der Waals surface area contributed by atoms with Crippen LogP contribution < -0.4 is 10.9 Å². The van der Waals surface area contributed by atoms with Crippen LogP contribution in [-0.4, -0.2) is 81.5 Å². The first-order valence-electron chi connectivity index (χ1n) is 8.45. The average molecular weight is 419 g/mol. The number of aliphatic hydroxyl groups is 2. The van der Waals surface area contributed by atoms with E-state index in [0.29, 0.717) is 6.42 Å². The van der Waals surface area contributed by atoms with Gasteiger partial charge in [-0.05, 0) is 38.1 Å². The molecule has 5 N–H and O–H groups in total. The molecule has 1 unspecified atom stereocenters. The van der Waals surface area contributed by atoms with Gasteiger partial charge in [-0.25, -0.2) is 0 Å². The zero-order valence-electron chi connectivity index (χ0n) is 15.3. The number of carboxylic acid groups (broad SMARTS) is 1. The van der Waals surface area contributed by atoms with Crippen LogP contribution in [-0.2, 0) is 16.1 Å². The first-order chi connectivity index (χ1) is 12.5. The molecule has 1 saturated heterocycles. The van der Waals surface area contributed by atoms with Crippen LogP contribution in [0.2, 0.25) is 0 Å². The minimum absolute atomic E-state index is 0.00617. The minimum Gasteiger partial charge on any atom is -0.480 e. The lowest BCUT2D eigenvalue weighted by atomic mass is 10.1. The van der Waals surface area contributed by atoms with Gasteiger partial charge in [0.15, 0.2) is 11.0 Å². The van der Waals surface area contributed by atoms with Gasteiger partial charge in [-0.15, -0.1) is 13.2 Å². The van der Waals surface area contributed by atoms with Crippen LogP contribution in [0.15, 0.2) is 11.0 Å². The van der Waals surface area contributed by atoms with Crippen molar-refractivity contribution in [2.24, 2.45) is 0 Å². The quantitative estimate of drug-likeness (QED) is 0.289. The first-order valence-corrected chi connectivity index (χ1v) is 11.9. The Hall–Kier alpha value is -1.29. The van der Waals surface area contributed by atoms with Crippen molar-refractivity contribution in [3.63, 3.8) is 0 Å². The third-order valence-electron chi connectivity index (χ3n) is 4.26. The van der Waals surface area contributed by atoms with Gasteiger partial charge in [0, 0.05) is 18.3 Å². The Labute approximate surface area is 162 Å².